The minimum Gasteiger partial charge on any atom is -0.436 e. The van der Waals surface area contributed by atoms with E-state index in [0.717, 1.165) is 78.1 Å². The van der Waals surface area contributed by atoms with Crippen LogP contribution in [0.25, 0.3) is 90.1 Å². The molecule has 0 amide bonds. The molecule has 61 heavy (non-hydrogen) atoms. The molecule has 0 aliphatic heterocycles. The van der Waals surface area contributed by atoms with Crippen molar-refractivity contribution in [1.82, 2.24) is 24.9 Å². The monoisotopic (exact) mass is 786 g/mol. The molecule has 3 heterocycles. The van der Waals surface area contributed by atoms with Crippen molar-refractivity contribution in [2.75, 3.05) is 4.90 Å². The van der Waals surface area contributed by atoms with Gasteiger partial charge in [-0.15, -0.1) is 0 Å². The van der Waals surface area contributed by atoms with Gasteiger partial charge in [-0.3, -0.25) is 4.90 Å². The summed E-state index contributed by atoms with van der Waals surface area (Å²) >= 11 is 0. The fourth-order valence-electron chi connectivity index (χ4n) is 7.49. The lowest BCUT2D eigenvalue weighted by Gasteiger charge is -2.24. The summed E-state index contributed by atoms with van der Waals surface area (Å²) in [6, 6.07) is 69.2. The molecule has 288 valence electrons. The Balaban J connectivity index is 1.04. The standard InChI is InChI=1S/C53H34N6O2/c1-3-11-35(12-4-1)37-27-31-43(32-28-37)59(44-33-29-38(30-34-44)36-13-5-2-6-14-36)53-57-49(39-19-23-41(24-20-39)51-54-45-15-7-9-17-47(45)60-51)56-50(58-53)40-21-25-42(26-22-40)52-55-46-16-8-10-18-48(46)61-52/h1-34H. The van der Waals surface area contributed by atoms with Crippen LogP contribution in [0.2, 0.25) is 0 Å². The van der Waals surface area contributed by atoms with Gasteiger partial charge >= 0.3 is 0 Å². The summed E-state index contributed by atoms with van der Waals surface area (Å²) in [5.41, 5.74) is 12.7. The Hall–Kier alpha value is -8.49. The van der Waals surface area contributed by atoms with Gasteiger partial charge in [-0.1, -0.05) is 133 Å². The van der Waals surface area contributed by atoms with E-state index >= 15 is 0 Å². The van der Waals surface area contributed by atoms with E-state index in [2.05, 4.69) is 102 Å². The van der Waals surface area contributed by atoms with E-state index in [-0.39, 0.29) is 0 Å². The summed E-state index contributed by atoms with van der Waals surface area (Å²) in [5.74, 6) is 2.59. The lowest BCUT2D eigenvalue weighted by atomic mass is 10.0. The molecule has 3 aromatic heterocycles. The molecule has 11 aromatic rings. The Kier molecular flexibility index (Phi) is 8.98. The minimum absolute atomic E-state index is 0.464. The normalized spacial score (nSPS) is 11.3. The van der Waals surface area contributed by atoms with Gasteiger partial charge in [0.25, 0.3) is 0 Å². The molecule has 8 heteroatoms. The highest BCUT2D eigenvalue weighted by Gasteiger charge is 2.21. The van der Waals surface area contributed by atoms with E-state index in [1.54, 1.807) is 0 Å². The highest BCUT2D eigenvalue weighted by atomic mass is 16.4. The Bertz CT molecular complexity index is 2990. The van der Waals surface area contributed by atoms with Gasteiger partial charge < -0.3 is 8.83 Å². The smallest absolute Gasteiger partial charge is 0.238 e. The number of anilines is 3. The maximum Gasteiger partial charge on any atom is 0.238 e. The molecular weight excluding hydrogens is 753 g/mol. The van der Waals surface area contributed by atoms with Gasteiger partial charge in [0.1, 0.15) is 11.0 Å². The molecule has 0 saturated heterocycles. The van der Waals surface area contributed by atoms with Gasteiger partial charge in [-0.05, 0) is 95.1 Å². The fourth-order valence-corrected chi connectivity index (χ4v) is 7.49. The molecule has 0 radical (unpaired) electrons. The average Bonchev–Trinajstić information content (AvgIpc) is 3.98. The predicted octanol–water partition coefficient (Wildman–Crippen LogP) is 13.6. The number of rotatable bonds is 9. The van der Waals surface area contributed by atoms with E-state index in [1.165, 1.54) is 0 Å². The van der Waals surface area contributed by atoms with Crippen molar-refractivity contribution in [1.29, 1.82) is 0 Å². The summed E-state index contributed by atoms with van der Waals surface area (Å²) in [6.07, 6.45) is 0. The van der Waals surface area contributed by atoms with Crippen LogP contribution < -0.4 is 4.90 Å². The number of nitrogens with zero attached hydrogens (tertiary/aromatic N) is 6. The summed E-state index contributed by atoms with van der Waals surface area (Å²) in [6.45, 7) is 0. The van der Waals surface area contributed by atoms with Crippen molar-refractivity contribution >= 4 is 39.5 Å². The molecule has 0 saturated carbocycles. The van der Waals surface area contributed by atoms with Gasteiger partial charge in [0.2, 0.25) is 17.7 Å². The van der Waals surface area contributed by atoms with Crippen molar-refractivity contribution in [2.24, 2.45) is 0 Å². The van der Waals surface area contributed by atoms with Crippen molar-refractivity contribution in [3.8, 4) is 67.9 Å². The van der Waals surface area contributed by atoms with Gasteiger partial charge in [0.15, 0.2) is 22.8 Å². The van der Waals surface area contributed by atoms with Gasteiger partial charge in [0, 0.05) is 33.6 Å². The third-order valence-electron chi connectivity index (χ3n) is 10.7. The molecular formula is C53H34N6O2. The third-order valence-corrected chi connectivity index (χ3v) is 10.7. The predicted molar refractivity (Wildman–Crippen MR) is 242 cm³/mol. The van der Waals surface area contributed by atoms with E-state index in [9.17, 15) is 0 Å². The highest BCUT2D eigenvalue weighted by Crippen LogP contribution is 2.37. The summed E-state index contributed by atoms with van der Waals surface area (Å²) in [7, 11) is 0. The maximum absolute atomic E-state index is 6.09. The fraction of sp³-hybridized carbons (Fsp3) is 0. The van der Waals surface area contributed by atoms with Crippen LogP contribution in [0, 0.1) is 0 Å². The highest BCUT2D eigenvalue weighted by molar-refractivity contribution is 5.81. The van der Waals surface area contributed by atoms with Crippen LogP contribution in [0.4, 0.5) is 17.3 Å². The zero-order valence-corrected chi connectivity index (χ0v) is 32.6. The van der Waals surface area contributed by atoms with Crippen molar-refractivity contribution in [3.05, 3.63) is 206 Å². The second kappa shape index (κ2) is 15.4. The van der Waals surface area contributed by atoms with Gasteiger partial charge in [-0.25, -0.2) is 15.0 Å². The third kappa shape index (κ3) is 7.08. The first kappa shape index (κ1) is 35.7. The van der Waals surface area contributed by atoms with Crippen LogP contribution in [-0.2, 0) is 0 Å². The van der Waals surface area contributed by atoms with E-state index < -0.39 is 0 Å². The Morgan fingerprint density at radius 3 is 1.03 bits per heavy atom. The molecule has 0 fully saturated rings. The maximum atomic E-state index is 6.09. The summed E-state index contributed by atoms with van der Waals surface area (Å²) in [5, 5.41) is 0. The van der Waals surface area contributed by atoms with Crippen molar-refractivity contribution in [3.63, 3.8) is 0 Å². The van der Waals surface area contributed by atoms with Crippen LogP contribution in [0.5, 0.6) is 0 Å². The lowest BCUT2D eigenvalue weighted by Crippen LogP contribution is -2.15. The quantitative estimate of drug-likeness (QED) is 0.143. The second-order valence-corrected chi connectivity index (χ2v) is 14.6. The van der Waals surface area contributed by atoms with Gasteiger partial charge in [0.05, 0.1) is 0 Å². The SMILES string of the molecule is c1ccc(-c2ccc(N(c3ccc(-c4ccccc4)cc3)c3nc(-c4ccc(-c5nc6ccccc6o5)cc4)nc(-c4ccc(-c5nc6ccccc6o5)cc4)n3)cc2)cc1. The van der Waals surface area contributed by atoms with Crippen LogP contribution >= 0.6 is 0 Å². The Labute approximate surface area is 351 Å². The average molecular weight is 787 g/mol. The molecule has 8 nitrogen and oxygen atoms in total. The molecule has 0 aliphatic rings. The number of fused-ring (bicyclic) bond motifs is 2. The number of oxazole rings is 2. The summed E-state index contributed by atoms with van der Waals surface area (Å²) in [4.78, 5) is 27.0. The van der Waals surface area contributed by atoms with Crippen LogP contribution in [0.1, 0.15) is 0 Å². The zero-order valence-electron chi connectivity index (χ0n) is 32.6. The molecule has 0 atom stereocenters. The molecule has 8 aromatic carbocycles. The van der Waals surface area contributed by atoms with Crippen molar-refractivity contribution < 1.29 is 8.83 Å². The molecule has 0 bridgehead atoms. The minimum atomic E-state index is 0.464. The summed E-state index contributed by atoms with van der Waals surface area (Å²) < 4.78 is 12.2. The largest absolute Gasteiger partial charge is 0.436 e. The molecule has 0 unspecified atom stereocenters. The van der Waals surface area contributed by atoms with E-state index in [4.69, 9.17) is 33.8 Å². The number of hydrogen-bond donors (Lipinski definition) is 0. The first-order valence-corrected chi connectivity index (χ1v) is 20.0. The van der Waals surface area contributed by atoms with Crippen LogP contribution in [-0.4, -0.2) is 24.9 Å². The number of benzene rings is 8. The first-order chi connectivity index (χ1) is 30.2. The molecule has 11 rings (SSSR count). The number of hydrogen-bond acceptors (Lipinski definition) is 8. The van der Waals surface area contributed by atoms with Crippen molar-refractivity contribution in [2.45, 2.75) is 0 Å². The zero-order chi connectivity index (χ0) is 40.5. The van der Waals surface area contributed by atoms with E-state index in [0.29, 0.717) is 29.4 Å². The topological polar surface area (TPSA) is 94.0 Å². The molecule has 0 aliphatic carbocycles. The first-order valence-electron chi connectivity index (χ1n) is 20.0. The second-order valence-electron chi connectivity index (χ2n) is 14.6. The number of para-hydroxylation sites is 4. The van der Waals surface area contributed by atoms with Crippen LogP contribution in [0.3, 0.4) is 0 Å². The van der Waals surface area contributed by atoms with Crippen LogP contribution in [0.15, 0.2) is 215 Å². The Morgan fingerprint density at radius 1 is 0.279 bits per heavy atom. The molecule has 0 spiro atoms. The Morgan fingerprint density at radius 2 is 0.623 bits per heavy atom. The lowest BCUT2D eigenvalue weighted by molar-refractivity contribution is 0.619. The van der Waals surface area contributed by atoms with E-state index in [1.807, 2.05) is 109 Å². The number of aromatic nitrogens is 5. The van der Waals surface area contributed by atoms with Gasteiger partial charge in [-0.2, -0.15) is 9.97 Å². The molecule has 0 N–H and O–H groups in total.